The lowest BCUT2D eigenvalue weighted by Gasteiger charge is -2.26. The first-order valence-corrected chi connectivity index (χ1v) is 6.28. The summed E-state index contributed by atoms with van der Waals surface area (Å²) < 4.78 is 14.2. The summed E-state index contributed by atoms with van der Waals surface area (Å²) in [4.78, 5) is 13.9. The van der Waals surface area contributed by atoms with Crippen molar-refractivity contribution in [2.24, 2.45) is 0 Å². The van der Waals surface area contributed by atoms with Gasteiger partial charge in [-0.2, -0.15) is 0 Å². The van der Waals surface area contributed by atoms with E-state index in [-0.39, 0.29) is 11.5 Å². The van der Waals surface area contributed by atoms with Crippen LogP contribution in [0.3, 0.4) is 0 Å². The fourth-order valence-electron chi connectivity index (χ4n) is 1.95. The van der Waals surface area contributed by atoms with Crippen molar-refractivity contribution >= 4 is 21.8 Å². The van der Waals surface area contributed by atoms with E-state index in [0.717, 1.165) is 12.0 Å². The first kappa shape index (κ1) is 12.3. The van der Waals surface area contributed by atoms with Gasteiger partial charge in [0.25, 0.3) is 5.91 Å². The average Bonchev–Trinajstić information content (AvgIpc) is 2.28. The predicted molar refractivity (Wildman–Crippen MR) is 68.4 cm³/mol. The molecule has 0 atom stereocenters. The predicted octanol–water partition coefficient (Wildman–Crippen LogP) is 3.38. The second-order valence-electron chi connectivity index (χ2n) is 4.16. The molecule has 0 saturated carbocycles. The van der Waals surface area contributed by atoms with E-state index in [1.165, 1.54) is 6.07 Å². The number of carbonyl (C=O) groups is 1. The molecule has 0 bridgehead atoms. The molecular weight excluding hydrogens is 285 g/mol. The van der Waals surface area contributed by atoms with Gasteiger partial charge < -0.3 is 4.90 Å². The minimum atomic E-state index is -0.475. The summed E-state index contributed by atoms with van der Waals surface area (Å²) in [5.41, 5.74) is 1.28. The van der Waals surface area contributed by atoms with Crippen LogP contribution in [-0.2, 0) is 0 Å². The third-order valence-corrected chi connectivity index (χ3v) is 3.46. The highest BCUT2D eigenvalue weighted by Crippen LogP contribution is 2.22. The Morgan fingerprint density at radius 3 is 2.88 bits per heavy atom. The number of nitrogens with zero attached hydrogens (tertiary/aromatic N) is 1. The molecule has 0 unspecified atom stereocenters. The lowest BCUT2D eigenvalue weighted by Crippen LogP contribution is -2.36. The maximum Gasteiger partial charge on any atom is 0.258 e. The molecule has 4 heteroatoms. The van der Waals surface area contributed by atoms with Crippen LogP contribution < -0.4 is 0 Å². The van der Waals surface area contributed by atoms with Gasteiger partial charge in [0.05, 0.1) is 5.56 Å². The Morgan fingerprint density at radius 1 is 1.47 bits per heavy atom. The quantitative estimate of drug-likeness (QED) is 0.728. The Balaban J connectivity index is 2.29. The number of rotatable bonds is 1. The van der Waals surface area contributed by atoms with E-state index in [1.807, 2.05) is 6.92 Å². The van der Waals surface area contributed by atoms with E-state index in [9.17, 15) is 9.18 Å². The number of halogens is 2. The van der Waals surface area contributed by atoms with E-state index in [4.69, 9.17) is 0 Å². The number of hydrogen-bond donors (Lipinski definition) is 0. The van der Waals surface area contributed by atoms with Gasteiger partial charge in [-0.05, 0) is 41.4 Å². The minimum Gasteiger partial charge on any atom is -0.334 e. The molecular formula is C13H13BrFNO. The van der Waals surface area contributed by atoms with E-state index in [2.05, 4.69) is 22.0 Å². The topological polar surface area (TPSA) is 20.3 Å². The Hall–Kier alpha value is -1.16. The van der Waals surface area contributed by atoms with Crippen molar-refractivity contribution in [3.8, 4) is 0 Å². The summed E-state index contributed by atoms with van der Waals surface area (Å²) in [6.07, 6.45) is 2.95. The van der Waals surface area contributed by atoms with Crippen molar-refractivity contribution in [2.75, 3.05) is 13.1 Å². The van der Waals surface area contributed by atoms with Crippen LogP contribution in [0.1, 0.15) is 23.7 Å². The summed E-state index contributed by atoms with van der Waals surface area (Å²) in [6.45, 7) is 3.21. The third-order valence-electron chi connectivity index (χ3n) is 2.80. The molecule has 90 valence electrons. The molecule has 2 rings (SSSR count). The van der Waals surface area contributed by atoms with Gasteiger partial charge in [0.15, 0.2) is 0 Å². The van der Waals surface area contributed by atoms with Crippen molar-refractivity contribution in [2.45, 2.75) is 13.3 Å². The second kappa shape index (κ2) is 5.00. The molecule has 17 heavy (non-hydrogen) atoms. The molecule has 0 radical (unpaired) electrons. The van der Waals surface area contributed by atoms with E-state index in [1.54, 1.807) is 17.0 Å². The molecule has 1 amide bonds. The zero-order valence-electron chi connectivity index (χ0n) is 9.54. The van der Waals surface area contributed by atoms with Crippen LogP contribution in [0.5, 0.6) is 0 Å². The molecule has 0 spiro atoms. The maximum atomic E-state index is 13.7. The Bertz CT molecular complexity index is 464. The molecule has 0 N–H and O–H groups in total. The zero-order chi connectivity index (χ0) is 12.4. The molecule has 2 nitrogen and oxygen atoms in total. The smallest absolute Gasteiger partial charge is 0.258 e. The van der Waals surface area contributed by atoms with Crippen molar-refractivity contribution in [1.82, 2.24) is 4.90 Å². The number of amides is 1. The Kier molecular flexibility index (Phi) is 3.62. The highest BCUT2D eigenvalue weighted by Gasteiger charge is 2.22. The molecule has 0 aromatic heterocycles. The van der Waals surface area contributed by atoms with E-state index >= 15 is 0 Å². The number of benzene rings is 1. The summed E-state index contributed by atoms with van der Waals surface area (Å²) in [5.74, 6) is -0.723. The summed E-state index contributed by atoms with van der Waals surface area (Å²) in [6, 6.07) is 4.57. The van der Waals surface area contributed by atoms with Crippen molar-refractivity contribution in [3.05, 3.63) is 45.7 Å². The SMILES string of the molecule is CC1=CCCN(C(=O)c2c(F)cccc2Br)C1. The highest BCUT2D eigenvalue weighted by atomic mass is 79.9. The van der Waals surface area contributed by atoms with Gasteiger partial charge in [-0.3, -0.25) is 4.79 Å². The van der Waals surface area contributed by atoms with E-state index in [0.29, 0.717) is 17.6 Å². The minimum absolute atomic E-state index is 0.127. The van der Waals surface area contributed by atoms with Crippen molar-refractivity contribution in [1.29, 1.82) is 0 Å². The van der Waals surface area contributed by atoms with Crippen LogP contribution >= 0.6 is 15.9 Å². The first-order valence-electron chi connectivity index (χ1n) is 5.48. The van der Waals surface area contributed by atoms with Gasteiger partial charge in [-0.15, -0.1) is 0 Å². The normalized spacial score (nSPS) is 15.7. The van der Waals surface area contributed by atoms with E-state index < -0.39 is 5.82 Å². The zero-order valence-corrected chi connectivity index (χ0v) is 11.1. The van der Waals surface area contributed by atoms with Crippen LogP contribution in [0.4, 0.5) is 4.39 Å². The summed E-state index contributed by atoms with van der Waals surface area (Å²) >= 11 is 3.23. The number of carbonyl (C=O) groups excluding carboxylic acids is 1. The second-order valence-corrected chi connectivity index (χ2v) is 5.02. The molecule has 0 saturated heterocycles. The van der Waals surface area contributed by atoms with Gasteiger partial charge in [0.2, 0.25) is 0 Å². The Morgan fingerprint density at radius 2 is 2.24 bits per heavy atom. The number of hydrogen-bond acceptors (Lipinski definition) is 1. The maximum absolute atomic E-state index is 13.7. The molecule has 0 fully saturated rings. The largest absolute Gasteiger partial charge is 0.334 e. The van der Waals surface area contributed by atoms with Crippen LogP contribution in [-0.4, -0.2) is 23.9 Å². The van der Waals surface area contributed by atoms with Gasteiger partial charge in [0, 0.05) is 17.6 Å². The van der Waals surface area contributed by atoms with Gasteiger partial charge in [0.1, 0.15) is 5.82 Å². The third kappa shape index (κ3) is 2.57. The fourth-order valence-corrected chi connectivity index (χ4v) is 2.46. The lowest BCUT2D eigenvalue weighted by molar-refractivity contribution is 0.0760. The summed E-state index contributed by atoms with van der Waals surface area (Å²) in [5, 5.41) is 0. The molecule has 0 aliphatic carbocycles. The standard InChI is InChI=1S/C13H13BrFNO/c1-9-4-3-7-16(8-9)13(17)12-10(14)5-2-6-11(12)15/h2,4-6H,3,7-8H2,1H3. The lowest BCUT2D eigenvalue weighted by atomic mass is 10.1. The fraction of sp³-hybridized carbons (Fsp3) is 0.308. The molecule has 1 heterocycles. The molecule has 1 aliphatic rings. The highest BCUT2D eigenvalue weighted by molar-refractivity contribution is 9.10. The van der Waals surface area contributed by atoms with Crippen LogP contribution in [0.25, 0.3) is 0 Å². The average molecular weight is 298 g/mol. The molecule has 1 aliphatic heterocycles. The Labute approximate surface area is 108 Å². The first-order chi connectivity index (χ1) is 8.09. The molecule has 1 aromatic rings. The van der Waals surface area contributed by atoms with Crippen molar-refractivity contribution < 1.29 is 9.18 Å². The molecule has 1 aromatic carbocycles. The van der Waals surface area contributed by atoms with Gasteiger partial charge >= 0.3 is 0 Å². The monoisotopic (exact) mass is 297 g/mol. The van der Waals surface area contributed by atoms with Gasteiger partial charge in [-0.25, -0.2) is 4.39 Å². The van der Waals surface area contributed by atoms with Crippen LogP contribution in [0.15, 0.2) is 34.3 Å². The summed E-state index contributed by atoms with van der Waals surface area (Å²) in [7, 11) is 0. The van der Waals surface area contributed by atoms with Crippen LogP contribution in [0.2, 0.25) is 0 Å². The van der Waals surface area contributed by atoms with Gasteiger partial charge in [-0.1, -0.05) is 17.7 Å². The van der Waals surface area contributed by atoms with Crippen molar-refractivity contribution in [3.63, 3.8) is 0 Å². The van der Waals surface area contributed by atoms with Crippen LogP contribution in [0, 0.1) is 5.82 Å².